The van der Waals surface area contributed by atoms with E-state index < -0.39 is 11.6 Å². The van der Waals surface area contributed by atoms with Crippen LogP contribution in [0.15, 0.2) is 36.4 Å². The number of hydrogen-bond acceptors (Lipinski definition) is 2. The van der Waals surface area contributed by atoms with Crippen molar-refractivity contribution in [2.45, 2.75) is 6.54 Å². The third-order valence-corrected chi connectivity index (χ3v) is 2.74. The second-order valence-electron chi connectivity index (χ2n) is 3.85. The molecule has 0 fully saturated rings. The number of halogens is 2. The molecule has 0 aliphatic rings. The molecule has 0 unspecified atom stereocenters. The van der Waals surface area contributed by atoms with E-state index in [0.29, 0.717) is 23.4 Å². The van der Waals surface area contributed by atoms with Gasteiger partial charge in [-0.15, -0.1) is 0 Å². The van der Waals surface area contributed by atoms with E-state index in [1.165, 1.54) is 12.1 Å². The summed E-state index contributed by atoms with van der Waals surface area (Å²) in [6, 6.07) is 8.68. The molecule has 0 bridgehead atoms. The molecule has 0 aromatic heterocycles. The molecule has 4 heteroatoms. The van der Waals surface area contributed by atoms with E-state index in [1.54, 1.807) is 25.3 Å². The standard InChI is InChI=1S/C14H13F2NO/c1-18-14-5-2-9(6-10(14)8-17)12-4-3-11(15)7-13(12)16/h2-7H,8,17H2,1H3. The Labute approximate surface area is 104 Å². The van der Waals surface area contributed by atoms with Crippen molar-refractivity contribution in [3.8, 4) is 16.9 Å². The first-order chi connectivity index (χ1) is 8.65. The summed E-state index contributed by atoms with van der Waals surface area (Å²) in [6.45, 7) is 0.291. The summed E-state index contributed by atoms with van der Waals surface area (Å²) in [5.74, 6) is -0.532. The summed E-state index contributed by atoms with van der Waals surface area (Å²) in [7, 11) is 1.55. The minimum atomic E-state index is -0.594. The fourth-order valence-corrected chi connectivity index (χ4v) is 1.83. The van der Waals surface area contributed by atoms with Crippen molar-refractivity contribution in [2.24, 2.45) is 5.73 Å². The Morgan fingerprint density at radius 3 is 2.50 bits per heavy atom. The highest BCUT2D eigenvalue weighted by molar-refractivity contribution is 5.66. The maximum Gasteiger partial charge on any atom is 0.133 e. The van der Waals surface area contributed by atoms with E-state index in [-0.39, 0.29) is 0 Å². The third-order valence-electron chi connectivity index (χ3n) is 2.74. The summed E-state index contributed by atoms with van der Waals surface area (Å²) in [4.78, 5) is 0. The minimum Gasteiger partial charge on any atom is -0.496 e. The average molecular weight is 249 g/mol. The van der Waals surface area contributed by atoms with Crippen molar-refractivity contribution < 1.29 is 13.5 Å². The summed E-state index contributed by atoms with van der Waals surface area (Å²) in [6.07, 6.45) is 0. The summed E-state index contributed by atoms with van der Waals surface area (Å²) < 4.78 is 31.6. The minimum absolute atomic E-state index is 0.291. The van der Waals surface area contributed by atoms with Gasteiger partial charge in [-0.3, -0.25) is 0 Å². The van der Waals surface area contributed by atoms with E-state index in [9.17, 15) is 8.78 Å². The van der Waals surface area contributed by atoms with Crippen LogP contribution in [0.2, 0.25) is 0 Å². The van der Waals surface area contributed by atoms with Crippen molar-refractivity contribution in [3.05, 3.63) is 53.6 Å². The fraction of sp³-hybridized carbons (Fsp3) is 0.143. The van der Waals surface area contributed by atoms with Crippen LogP contribution in [0, 0.1) is 11.6 Å². The molecule has 18 heavy (non-hydrogen) atoms. The van der Waals surface area contributed by atoms with E-state index in [4.69, 9.17) is 10.5 Å². The highest BCUT2D eigenvalue weighted by Gasteiger charge is 2.09. The highest BCUT2D eigenvalue weighted by atomic mass is 19.1. The number of rotatable bonds is 3. The van der Waals surface area contributed by atoms with Crippen LogP contribution in [0.1, 0.15) is 5.56 Å². The van der Waals surface area contributed by atoms with Gasteiger partial charge in [-0.1, -0.05) is 6.07 Å². The quantitative estimate of drug-likeness (QED) is 0.907. The molecule has 0 saturated heterocycles. The third kappa shape index (κ3) is 2.33. The largest absolute Gasteiger partial charge is 0.496 e. The second kappa shape index (κ2) is 5.14. The van der Waals surface area contributed by atoms with Crippen molar-refractivity contribution in [2.75, 3.05) is 7.11 Å². The molecule has 0 aliphatic heterocycles. The van der Waals surface area contributed by atoms with Gasteiger partial charge in [0.1, 0.15) is 17.4 Å². The molecule has 2 N–H and O–H groups in total. The van der Waals surface area contributed by atoms with Crippen LogP contribution in [-0.2, 0) is 6.54 Å². The fourth-order valence-electron chi connectivity index (χ4n) is 1.83. The maximum absolute atomic E-state index is 13.7. The molecular formula is C14H13F2NO. The first-order valence-electron chi connectivity index (χ1n) is 5.48. The van der Waals surface area contributed by atoms with E-state index in [1.807, 2.05) is 0 Å². The van der Waals surface area contributed by atoms with Gasteiger partial charge in [0.25, 0.3) is 0 Å². The van der Waals surface area contributed by atoms with E-state index in [2.05, 4.69) is 0 Å². The molecule has 0 radical (unpaired) electrons. The van der Waals surface area contributed by atoms with Gasteiger partial charge in [-0.2, -0.15) is 0 Å². The molecule has 0 spiro atoms. The predicted octanol–water partition coefficient (Wildman–Crippen LogP) is 3.10. The Hall–Kier alpha value is -1.94. The second-order valence-corrected chi connectivity index (χ2v) is 3.85. The lowest BCUT2D eigenvalue weighted by Crippen LogP contribution is -2.00. The lowest BCUT2D eigenvalue weighted by molar-refractivity contribution is 0.410. The van der Waals surface area contributed by atoms with Crippen LogP contribution >= 0.6 is 0 Å². The summed E-state index contributed by atoms with van der Waals surface area (Å²) >= 11 is 0. The first kappa shape index (κ1) is 12.5. The van der Waals surface area contributed by atoms with Gasteiger partial charge in [0, 0.05) is 23.7 Å². The first-order valence-corrected chi connectivity index (χ1v) is 5.48. The molecule has 2 aromatic rings. The van der Waals surface area contributed by atoms with Crippen LogP contribution in [0.3, 0.4) is 0 Å². The van der Waals surface area contributed by atoms with Crippen LogP contribution in [-0.4, -0.2) is 7.11 Å². The smallest absolute Gasteiger partial charge is 0.133 e. The van der Waals surface area contributed by atoms with Crippen LogP contribution in [0.5, 0.6) is 5.75 Å². The molecular weight excluding hydrogens is 236 g/mol. The number of nitrogens with two attached hydrogens (primary N) is 1. The van der Waals surface area contributed by atoms with Crippen LogP contribution in [0.25, 0.3) is 11.1 Å². The molecule has 94 valence electrons. The molecule has 0 saturated carbocycles. The van der Waals surface area contributed by atoms with Gasteiger partial charge in [0.15, 0.2) is 0 Å². The Kier molecular flexibility index (Phi) is 3.58. The van der Waals surface area contributed by atoms with Crippen molar-refractivity contribution >= 4 is 0 Å². The molecule has 2 aromatic carbocycles. The lowest BCUT2D eigenvalue weighted by atomic mass is 10.0. The monoisotopic (exact) mass is 249 g/mol. The Morgan fingerprint density at radius 2 is 1.89 bits per heavy atom. The topological polar surface area (TPSA) is 35.2 Å². The van der Waals surface area contributed by atoms with Crippen molar-refractivity contribution in [3.63, 3.8) is 0 Å². The SMILES string of the molecule is COc1ccc(-c2ccc(F)cc2F)cc1CN. The maximum atomic E-state index is 13.7. The van der Waals surface area contributed by atoms with E-state index in [0.717, 1.165) is 11.6 Å². The van der Waals surface area contributed by atoms with Gasteiger partial charge in [0.05, 0.1) is 7.11 Å². The molecule has 0 amide bonds. The Morgan fingerprint density at radius 1 is 1.11 bits per heavy atom. The van der Waals surface area contributed by atoms with E-state index >= 15 is 0 Å². The number of benzene rings is 2. The molecule has 0 atom stereocenters. The molecule has 2 rings (SSSR count). The van der Waals surface area contributed by atoms with Crippen LogP contribution < -0.4 is 10.5 Å². The number of ether oxygens (including phenoxy) is 1. The van der Waals surface area contributed by atoms with Gasteiger partial charge in [-0.25, -0.2) is 8.78 Å². The zero-order valence-corrected chi connectivity index (χ0v) is 9.91. The summed E-state index contributed by atoms with van der Waals surface area (Å²) in [5, 5.41) is 0. The molecule has 2 nitrogen and oxygen atoms in total. The normalized spacial score (nSPS) is 10.4. The Bertz CT molecular complexity index is 570. The van der Waals surface area contributed by atoms with Crippen molar-refractivity contribution in [1.29, 1.82) is 0 Å². The Balaban J connectivity index is 2.51. The zero-order chi connectivity index (χ0) is 13.1. The van der Waals surface area contributed by atoms with Crippen LogP contribution in [0.4, 0.5) is 8.78 Å². The summed E-state index contributed by atoms with van der Waals surface area (Å²) in [5.41, 5.74) is 7.37. The average Bonchev–Trinajstić information content (AvgIpc) is 2.38. The number of methoxy groups -OCH3 is 1. The predicted molar refractivity (Wildman–Crippen MR) is 66.2 cm³/mol. The highest BCUT2D eigenvalue weighted by Crippen LogP contribution is 2.28. The van der Waals surface area contributed by atoms with Gasteiger partial charge in [-0.05, 0) is 29.8 Å². The zero-order valence-electron chi connectivity index (χ0n) is 9.91. The van der Waals surface area contributed by atoms with Gasteiger partial charge in [0.2, 0.25) is 0 Å². The van der Waals surface area contributed by atoms with Gasteiger partial charge >= 0.3 is 0 Å². The van der Waals surface area contributed by atoms with Crippen molar-refractivity contribution in [1.82, 2.24) is 0 Å². The lowest BCUT2D eigenvalue weighted by Gasteiger charge is -2.10. The number of hydrogen-bond donors (Lipinski definition) is 1. The molecule has 0 aliphatic carbocycles. The molecule has 0 heterocycles. The van der Waals surface area contributed by atoms with Gasteiger partial charge < -0.3 is 10.5 Å².